The van der Waals surface area contributed by atoms with Gasteiger partial charge in [0, 0.05) is 32.6 Å². The summed E-state index contributed by atoms with van der Waals surface area (Å²) in [5, 5.41) is 3.75. The number of ether oxygens (including phenoxy) is 2. The molecule has 1 spiro atoms. The molecule has 186 valence electrons. The normalized spacial score (nSPS) is 20.2. The van der Waals surface area contributed by atoms with Crippen molar-refractivity contribution in [1.29, 1.82) is 0 Å². The molecule has 2 aromatic rings. The van der Waals surface area contributed by atoms with Crippen molar-refractivity contribution in [3.63, 3.8) is 0 Å². The summed E-state index contributed by atoms with van der Waals surface area (Å²) < 4.78 is 38.4. The lowest BCUT2D eigenvalue weighted by Gasteiger charge is -2.40. The molecule has 1 fully saturated rings. The summed E-state index contributed by atoms with van der Waals surface area (Å²) >= 11 is 0. The molecule has 6 nitrogen and oxygen atoms in total. The van der Waals surface area contributed by atoms with Crippen LogP contribution in [0.2, 0.25) is 0 Å². The average Bonchev–Trinajstić information content (AvgIpc) is 3.27. The standard InChI is InChI=1S/C27H38N2O4S/c1-20(11-12-21-17-23(13-14-25(21)32-4)34(30,31)29(2)3)28-19-22-18-27(15-7-8-16-27)33-26-10-6-5-9-24(22)26/h5-6,9-10,13-14,17,20,22,28H,7-8,11-12,15-16,18-19H2,1-4H3. The summed E-state index contributed by atoms with van der Waals surface area (Å²) in [6, 6.07) is 13.9. The number of hydrogen-bond acceptors (Lipinski definition) is 5. The van der Waals surface area contributed by atoms with E-state index in [-0.39, 0.29) is 11.6 Å². The third-order valence-electron chi connectivity index (χ3n) is 7.41. The molecule has 0 aromatic heterocycles. The predicted octanol–water partition coefficient (Wildman–Crippen LogP) is 4.74. The van der Waals surface area contributed by atoms with Crippen molar-refractivity contribution < 1.29 is 17.9 Å². The highest BCUT2D eigenvalue weighted by Gasteiger charge is 2.42. The lowest BCUT2D eigenvalue weighted by Crippen LogP contribution is -2.42. The second kappa shape index (κ2) is 10.3. The van der Waals surface area contributed by atoms with Gasteiger partial charge in [-0.1, -0.05) is 18.2 Å². The zero-order chi connectivity index (χ0) is 24.3. The van der Waals surface area contributed by atoms with Gasteiger partial charge in [-0.15, -0.1) is 0 Å². The van der Waals surface area contributed by atoms with Crippen LogP contribution in [0.3, 0.4) is 0 Å². The Balaban J connectivity index is 1.41. The van der Waals surface area contributed by atoms with E-state index >= 15 is 0 Å². The highest BCUT2D eigenvalue weighted by molar-refractivity contribution is 7.89. The number of methoxy groups -OCH3 is 1. The molecule has 2 unspecified atom stereocenters. The van der Waals surface area contributed by atoms with Crippen LogP contribution in [0.25, 0.3) is 0 Å². The molecule has 2 aliphatic rings. The molecule has 2 atom stereocenters. The van der Waals surface area contributed by atoms with E-state index in [4.69, 9.17) is 9.47 Å². The average molecular weight is 487 g/mol. The fourth-order valence-corrected chi connectivity index (χ4v) is 6.34. The quantitative estimate of drug-likeness (QED) is 0.555. The maximum absolute atomic E-state index is 12.6. The van der Waals surface area contributed by atoms with Crippen LogP contribution in [0.1, 0.15) is 62.5 Å². The van der Waals surface area contributed by atoms with Crippen LogP contribution in [-0.2, 0) is 16.4 Å². The first-order chi connectivity index (χ1) is 16.2. The summed E-state index contributed by atoms with van der Waals surface area (Å²) in [7, 11) is 1.25. The zero-order valence-corrected chi connectivity index (χ0v) is 21.7. The second-order valence-electron chi connectivity index (χ2n) is 10.0. The fourth-order valence-electron chi connectivity index (χ4n) is 5.39. The number of hydrogen-bond donors (Lipinski definition) is 1. The largest absolute Gasteiger partial charge is 0.496 e. The van der Waals surface area contributed by atoms with Crippen molar-refractivity contribution in [2.45, 2.75) is 74.3 Å². The molecule has 1 heterocycles. The first-order valence-electron chi connectivity index (χ1n) is 12.3. The van der Waals surface area contributed by atoms with Gasteiger partial charge in [-0.25, -0.2) is 12.7 Å². The lowest BCUT2D eigenvalue weighted by molar-refractivity contribution is 0.0414. The van der Waals surface area contributed by atoms with Gasteiger partial charge in [0.1, 0.15) is 17.1 Å². The summed E-state index contributed by atoms with van der Waals surface area (Å²) in [5.41, 5.74) is 2.23. The van der Waals surface area contributed by atoms with Gasteiger partial charge >= 0.3 is 0 Å². The van der Waals surface area contributed by atoms with Gasteiger partial charge in [0.2, 0.25) is 10.0 Å². The number of benzene rings is 2. The van der Waals surface area contributed by atoms with Crippen LogP contribution < -0.4 is 14.8 Å². The number of sulfonamides is 1. The minimum absolute atomic E-state index is 0.00960. The van der Waals surface area contributed by atoms with Crippen LogP contribution in [0.5, 0.6) is 11.5 Å². The van der Waals surface area contributed by atoms with Gasteiger partial charge in [-0.05, 0) is 87.3 Å². The van der Waals surface area contributed by atoms with Gasteiger partial charge in [0.05, 0.1) is 12.0 Å². The minimum Gasteiger partial charge on any atom is -0.496 e. The van der Waals surface area contributed by atoms with Gasteiger partial charge < -0.3 is 14.8 Å². The molecule has 4 rings (SSSR count). The number of fused-ring (bicyclic) bond motifs is 1. The number of rotatable bonds is 9. The zero-order valence-electron chi connectivity index (χ0n) is 20.8. The van der Waals surface area contributed by atoms with E-state index in [0.717, 1.165) is 55.7 Å². The molecule has 0 amide bonds. The SMILES string of the molecule is COc1ccc(S(=O)(=O)N(C)C)cc1CCC(C)NCC1CC2(CCCC2)Oc2ccccc21. The molecule has 1 N–H and O–H groups in total. The Morgan fingerprint density at radius 1 is 1.18 bits per heavy atom. The Labute approximate surface area is 204 Å². The Kier molecular flexibility index (Phi) is 7.55. The van der Waals surface area contributed by atoms with Crippen molar-refractivity contribution in [2.75, 3.05) is 27.7 Å². The van der Waals surface area contributed by atoms with Gasteiger partial charge in [-0.2, -0.15) is 0 Å². The van der Waals surface area contributed by atoms with E-state index in [1.54, 1.807) is 39.4 Å². The van der Waals surface area contributed by atoms with Crippen LogP contribution in [0.4, 0.5) is 0 Å². The van der Waals surface area contributed by atoms with Crippen molar-refractivity contribution in [3.8, 4) is 11.5 Å². The highest BCUT2D eigenvalue weighted by atomic mass is 32.2. The Morgan fingerprint density at radius 2 is 1.91 bits per heavy atom. The van der Waals surface area contributed by atoms with Crippen LogP contribution in [-0.4, -0.2) is 52.1 Å². The van der Waals surface area contributed by atoms with E-state index in [2.05, 4.69) is 36.5 Å². The summed E-state index contributed by atoms with van der Waals surface area (Å²) in [6.45, 7) is 3.11. The molecule has 1 aliphatic carbocycles. The summed E-state index contributed by atoms with van der Waals surface area (Å²) in [4.78, 5) is 0.301. The number of aryl methyl sites for hydroxylation is 1. The summed E-state index contributed by atoms with van der Waals surface area (Å²) in [6.07, 6.45) is 7.51. The second-order valence-corrected chi connectivity index (χ2v) is 12.2. The monoisotopic (exact) mass is 486 g/mol. The molecule has 7 heteroatoms. The molecule has 0 saturated heterocycles. The number of nitrogens with one attached hydrogen (secondary N) is 1. The minimum atomic E-state index is -3.48. The lowest BCUT2D eigenvalue weighted by atomic mass is 9.81. The van der Waals surface area contributed by atoms with Gasteiger partial charge in [0.25, 0.3) is 0 Å². The van der Waals surface area contributed by atoms with E-state index in [1.165, 1.54) is 22.7 Å². The maximum Gasteiger partial charge on any atom is 0.242 e. The Bertz CT molecular complexity index is 1090. The number of nitrogens with zero attached hydrogens (tertiary/aromatic N) is 1. The highest BCUT2D eigenvalue weighted by Crippen LogP contribution is 2.47. The van der Waals surface area contributed by atoms with Crippen LogP contribution in [0.15, 0.2) is 47.4 Å². The molecular formula is C27H38N2O4S. The van der Waals surface area contributed by atoms with Crippen LogP contribution >= 0.6 is 0 Å². The molecule has 0 radical (unpaired) electrons. The Morgan fingerprint density at radius 3 is 2.62 bits per heavy atom. The van der Waals surface area contributed by atoms with Crippen molar-refractivity contribution in [3.05, 3.63) is 53.6 Å². The topological polar surface area (TPSA) is 67.9 Å². The van der Waals surface area contributed by atoms with Crippen LogP contribution in [0, 0.1) is 0 Å². The van der Waals surface area contributed by atoms with E-state index in [0.29, 0.717) is 10.8 Å². The summed E-state index contributed by atoms with van der Waals surface area (Å²) in [5.74, 6) is 2.22. The molecule has 2 aromatic carbocycles. The van der Waals surface area contributed by atoms with E-state index < -0.39 is 10.0 Å². The van der Waals surface area contributed by atoms with Crippen molar-refractivity contribution >= 4 is 10.0 Å². The van der Waals surface area contributed by atoms with Gasteiger partial charge in [0.15, 0.2) is 0 Å². The number of para-hydroxylation sites is 1. The molecule has 0 bridgehead atoms. The first kappa shape index (κ1) is 25.0. The van der Waals surface area contributed by atoms with E-state index in [1.807, 2.05) is 0 Å². The maximum atomic E-state index is 12.6. The third kappa shape index (κ3) is 5.26. The molecular weight excluding hydrogens is 448 g/mol. The predicted molar refractivity (Wildman–Crippen MR) is 135 cm³/mol. The smallest absolute Gasteiger partial charge is 0.242 e. The Hall–Kier alpha value is -2.09. The first-order valence-corrected chi connectivity index (χ1v) is 13.8. The molecule has 34 heavy (non-hydrogen) atoms. The van der Waals surface area contributed by atoms with Crippen molar-refractivity contribution in [2.24, 2.45) is 0 Å². The third-order valence-corrected chi connectivity index (χ3v) is 9.22. The van der Waals surface area contributed by atoms with E-state index in [9.17, 15) is 8.42 Å². The van der Waals surface area contributed by atoms with Crippen molar-refractivity contribution in [1.82, 2.24) is 9.62 Å². The fraction of sp³-hybridized carbons (Fsp3) is 0.556. The molecule has 1 saturated carbocycles. The molecule has 1 aliphatic heterocycles. The van der Waals surface area contributed by atoms with Gasteiger partial charge in [-0.3, -0.25) is 0 Å².